The molecule has 0 fully saturated rings. The molecule has 3 rings (SSSR count). The molecule has 3 aromatic rings. The van der Waals surface area contributed by atoms with Crippen molar-refractivity contribution in [2.24, 2.45) is 0 Å². The number of halogens is 1. The fourth-order valence-electron chi connectivity index (χ4n) is 2.41. The highest BCUT2D eigenvalue weighted by Crippen LogP contribution is 2.16. The van der Waals surface area contributed by atoms with Crippen LogP contribution in [0.5, 0.6) is 0 Å². The van der Waals surface area contributed by atoms with Crippen molar-refractivity contribution in [2.75, 3.05) is 0 Å². The summed E-state index contributed by atoms with van der Waals surface area (Å²) in [6.45, 7) is 3.77. The third-order valence-corrected chi connectivity index (χ3v) is 3.78. The Bertz CT molecular complexity index is 975. The van der Waals surface area contributed by atoms with E-state index in [0.717, 1.165) is 11.3 Å². The van der Waals surface area contributed by atoms with Gasteiger partial charge < -0.3 is 4.98 Å². The highest BCUT2D eigenvalue weighted by atomic mass is 35.5. The molecule has 0 amide bonds. The van der Waals surface area contributed by atoms with Crippen LogP contribution in [0.25, 0.3) is 16.7 Å². The van der Waals surface area contributed by atoms with Crippen molar-refractivity contribution in [3.05, 3.63) is 61.7 Å². The normalized spacial score (nSPS) is 11.0. The van der Waals surface area contributed by atoms with Gasteiger partial charge in [0.15, 0.2) is 4.77 Å². The van der Waals surface area contributed by atoms with Gasteiger partial charge >= 0.3 is 0 Å². The molecule has 4 nitrogen and oxygen atoms in total. The van der Waals surface area contributed by atoms with Crippen LogP contribution in [-0.4, -0.2) is 14.5 Å². The standard InChI is InChI=1S/C15H12ClN3OS/c1-8-6-9(2)17-13-12(8)14(20)19(15(21)18-13)11-5-3-4-10(16)7-11/h3-7H,1-2H3,(H,17,18,21). The summed E-state index contributed by atoms with van der Waals surface area (Å²) in [5.74, 6) is 0. The molecule has 1 N–H and O–H groups in total. The maximum absolute atomic E-state index is 12.8. The van der Waals surface area contributed by atoms with E-state index in [4.69, 9.17) is 23.8 Å². The molecule has 0 bridgehead atoms. The van der Waals surface area contributed by atoms with Crippen molar-refractivity contribution >= 4 is 34.9 Å². The molecule has 1 aromatic carbocycles. The Hall–Kier alpha value is -1.98. The molecule has 0 saturated carbocycles. The average Bonchev–Trinajstić information content (AvgIpc) is 2.37. The van der Waals surface area contributed by atoms with Crippen LogP contribution in [-0.2, 0) is 0 Å². The van der Waals surface area contributed by atoms with Gasteiger partial charge in [0.1, 0.15) is 5.65 Å². The van der Waals surface area contributed by atoms with Gasteiger partial charge in [0.2, 0.25) is 0 Å². The second-order valence-electron chi connectivity index (χ2n) is 4.85. The number of aromatic nitrogens is 3. The summed E-state index contributed by atoms with van der Waals surface area (Å²) in [4.78, 5) is 20.2. The van der Waals surface area contributed by atoms with Crippen molar-refractivity contribution < 1.29 is 0 Å². The Labute approximate surface area is 131 Å². The zero-order valence-corrected chi connectivity index (χ0v) is 13.0. The number of aryl methyl sites for hydroxylation is 2. The quantitative estimate of drug-likeness (QED) is 0.696. The van der Waals surface area contributed by atoms with Crippen molar-refractivity contribution in [3.8, 4) is 5.69 Å². The van der Waals surface area contributed by atoms with Crippen LogP contribution in [0.2, 0.25) is 5.02 Å². The molecule has 0 aliphatic heterocycles. The third kappa shape index (κ3) is 2.39. The van der Waals surface area contributed by atoms with Crippen LogP contribution >= 0.6 is 23.8 Å². The lowest BCUT2D eigenvalue weighted by Crippen LogP contribution is -2.21. The van der Waals surface area contributed by atoms with E-state index in [0.29, 0.717) is 26.5 Å². The largest absolute Gasteiger partial charge is 0.316 e. The van der Waals surface area contributed by atoms with Crippen molar-refractivity contribution in [1.82, 2.24) is 14.5 Å². The van der Waals surface area contributed by atoms with Gasteiger partial charge in [0, 0.05) is 10.7 Å². The summed E-state index contributed by atoms with van der Waals surface area (Å²) >= 11 is 11.3. The topological polar surface area (TPSA) is 50.7 Å². The van der Waals surface area contributed by atoms with Crippen LogP contribution in [0.4, 0.5) is 0 Å². The lowest BCUT2D eigenvalue weighted by molar-refractivity contribution is 0.929. The van der Waals surface area contributed by atoms with Crippen LogP contribution in [0.1, 0.15) is 11.3 Å². The number of fused-ring (bicyclic) bond motifs is 1. The number of H-pyrrole nitrogens is 1. The maximum Gasteiger partial charge on any atom is 0.268 e. The number of rotatable bonds is 1. The Morgan fingerprint density at radius 1 is 1.29 bits per heavy atom. The van der Waals surface area contributed by atoms with E-state index < -0.39 is 0 Å². The van der Waals surface area contributed by atoms with Crippen LogP contribution in [0, 0.1) is 18.6 Å². The molecule has 0 saturated heterocycles. The van der Waals surface area contributed by atoms with E-state index in [9.17, 15) is 4.79 Å². The van der Waals surface area contributed by atoms with Gasteiger partial charge in [-0.05, 0) is 55.9 Å². The molecule has 0 aliphatic rings. The van der Waals surface area contributed by atoms with E-state index >= 15 is 0 Å². The predicted molar refractivity (Wildman–Crippen MR) is 87.0 cm³/mol. The highest BCUT2D eigenvalue weighted by Gasteiger charge is 2.11. The van der Waals surface area contributed by atoms with Crippen molar-refractivity contribution in [2.45, 2.75) is 13.8 Å². The first-order valence-electron chi connectivity index (χ1n) is 6.36. The molecular weight excluding hydrogens is 306 g/mol. The molecule has 0 radical (unpaired) electrons. The monoisotopic (exact) mass is 317 g/mol. The molecule has 0 unspecified atom stereocenters. The van der Waals surface area contributed by atoms with Gasteiger partial charge in [0.25, 0.3) is 5.56 Å². The molecule has 0 atom stereocenters. The maximum atomic E-state index is 12.8. The van der Waals surface area contributed by atoms with E-state index in [1.54, 1.807) is 24.3 Å². The first-order valence-corrected chi connectivity index (χ1v) is 7.15. The van der Waals surface area contributed by atoms with E-state index in [1.165, 1.54) is 4.57 Å². The summed E-state index contributed by atoms with van der Waals surface area (Å²) in [7, 11) is 0. The third-order valence-electron chi connectivity index (χ3n) is 3.26. The lowest BCUT2D eigenvalue weighted by Gasteiger charge is -2.10. The molecule has 106 valence electrons. The summed E-state index contributed by atoms with van der Waals surface area (Å²) in [5.41, 5.74) is 2.66. The minimum atomic E-state index is -0.194. The Balaban J connectivity index is 2.46. The zero-order valence-electron chi connectivity index (χ0n) is 11.5. The minimum Gasteiger partial charge on any atom is -0.316 e. The van der Waals surface area contributed by atoms with Crippen molar-refractivity contribution in [1.29, 1.82) is 0 Å². The Morgan fingerprint density at radius 3 is 2.76 bits per heavy atom. The molecule has 0 aliphatic carbocycles. The summed E-state index contributed by atoms with van der Waals surface area (Å²) < 4.78 is 1.74. The number of hydrogen-bond acceptors (Lipinski definition) is 3. The number of hydrogen-bond donors (Lipinski definition) is 1. The first-order chi connectivity index (χ1) is 9.97. The number of nitrogens with zero attached hydrogens (tertiary/aromatic N) is 2. The summed E-state index contributed by atoms with van der Waals surface area (Å²) in [6.07, 6.45) is 0. The fraction of sp³-hybridized carbons (Fsp3) is 0.133. The van der Waals surface area contributed by atoms with Crippen molar-refractivity contribution in [3.63, 3.8) is 0 Å². The van der Waals surface area contributed by atoms with Crippen LogP contribution in [0.3, 0.4) is 0 Å². The van der Waals surface area contributed by atoms with Crippen LogP contribution < -0.4 is 5.56 Å². The van der Waals surface area contributed by atoms with Gasteiger partial charge in [-0.3, -0.25) is 9.36 Å². The predicted octanol–water partition coefficient (Wildman–Crippen LogP) is 3.71. The second-order valence-corrected chi connectivity index (χ2v) is 5.68. The Kier molecular flexibility index (Phi) is 3.39. The van der Waals surface area contributed by atoms with Gasteiger partial charge in [-0.1, -0.05) is 17.7 Å². The fourth-order valence-corrected chi connectivity index (χ4v) is 2.88. The number of aromatic amines is 1. The van der Waals surface area contributed by atoms with E-state index in [2.05, 4.69) is 9.97 Å². The molecular formula is C15H12ClN3OS. The van der Waals surface area contributed by atoms with E-state index in [-0.39, 0.29) is 5.56 Å². The molecule has 2 aromatic heterocycles. The van der Waals surface area contributed by atoms with Gasteiger partial charge in [-0.2, -0.15) is 0 Å². The lowest BCUT2D eigenvalue weighted by atomic mass is 10.2. The number of benzene rings is 1. The zero-order chi connectivity index (χ0) is 15.1. The Morgan fingerprint density at radius 2 is 2.05 bits per heavy atom. The minimum absolute atomic E-state index is 0.194. The van der Waals surface area contributed by atoms with E-state index in [1.807, 2.05) is 19.9 Å². The van der Waals surface area contributed by atoms with Gasteiger partial charge in [-0.25, -0.2) is 4.98 Å². The molecule has 6 heteroatoms. The summed E-state index contributed by atoms with van der Waals surface area (Å²) in [5, 5.41) is 1.09. The van der Waals surface area contributed by atoms with Gasteiger partial charge in [-0.15, -0.1) is 0 Å². The highest BCUT2D eigenvalue weighted by molar-refractivity contribution is 7.71. The van der Waals surface area contributed by atoms with Gasteiger partial charge in [0.05, 0.1) is 11.1 Å². The smallest absolute Gasteiger partial charge is 0.268 e. The first kappa shape index (κ1) is 14.0. The molecule has 0 spiro atoms. The number of nitrogens with one attached hydrogen (secondary N) is 1. The number of pyridine rings is 1. The summed E-state index contributed by atoms with van der Waals surface area (Å²) in [6, 6.07) is 8.90. The van der Waals surface area contributed by atoms with Crippen LogP contribution in [0.15, 0.2) is 35.1 Å². The second kappa shape index (κ2) is 5.09. The molecule has 21 heavy (non-hydrogen) atoms. The molecule has 2 heterocycles. The average molecular weight is 318 g/mol. The SMILES string of the molecule is Cc1cc(C)c2c(=O)n(-c3cccc(Cl)c3)c(=S)[nH]c2n1.